The Labute approximate surface area is 676 Å². The number of rotatable bonds is 16. The summed E-state index contributed by atoms with van der Waals surface area (Å²) in [4.78, 5) is 167. The van der Waals surface area contributed by atoms with E-state index in [-0.39, 0.29) is 110 Å². The average molecular weight is 1660 g/mol. The van der Waals surface area contributed by atoms with Gasteiger partial charge in [0.1, 0.15) is 24.4 Å². The largest absolute Gasteiger partial charge is 0.456 e. The van der Waals surface area contributed by atoms with Gasteiger partial charge >= 0.3 is 11.9 Å². The lowest BCUT2D eigenvalue weighted by Gasteiger charge is -2.24. The first-order chi connectivity index (χ1) is 57.8. The number of azo groups is 4. The first-order valence-electron chi connectivity index (χ1n) is 36.2. The molecular weight excluding hydrogens is 1580 g/mol. The van der Waals surface area contributed by atoms with Gasteiger partial charge in [0.2, 0.25) is 53.5 Å². The molecule has 4 aromatic carbocycles. The van der Waals surface area contributed by atoms with E-state index >= 15 is 0 Å². The number of hydrogen-bond donors (Lipinski definition) is 16. The summed E-state index contributed by atoms with van der Waals surface area (Å²) in [6.07, 6.45) is -7.13. The van der Waals surface area contributed by atoms with Gasteiger partial charge < -0.3 is 66.4 Å². The second-order valence-corrected chi connectivity index (χ2v) is 26.6. The Morgan fingerprint density at radius 2 is 0.835 bits per heavy atom. The Hall–Kier alpha value is -15.9. The number of aromatic amines is 8. The molecule has 10 aromatic heterocycles. The Kier molecular flexibility index (Phi) is 25.8. The molecule has 14 aromatic rings. The van der Waals surface area contributed by atoms with E-state index in [1.807, 2.05) is 107 Å². The summed E-state index contributed by atoms with van der Waals surface area (Å²) >= 11 is 0. The van der Waals surface area contributed by atoms with E-state index in [2.05, 4.69) is 141 Å². The van der Waals surface area contributed by atoms with Crippen molar-refractivity contribution in [2.45, 2.75) is 118 Å². The van der Waals surface area contributed by atoms with Gasteiger partial charge in [-0.2, -0.15) is 34.9 Å². The van der Waals surface area contributed by atoms with E-state index in [0.29, 0.717) is 40.3 Å². The number of fused-ring (bicyclic) bond motifs is 5. The van der Waals surface area contributed by atoms with E-state index in [0.717, 1.165) is 22.3 Å². The third kappa shape index (κ3) is 20.5. The molecule has 49 nitrogen and oxygen atoms in total. The molecule has 0 spiro atoms. The second-order valence-electron chi connectivity index (χ2n) is 26.6. The average Bonchev–Trinajstić information content (AvgIpc) is 1.61. The van der Waals surface area contributed by atoms with Gasteiger partial charge in [-0.05, 0) is 82.6 Å². The van der Waals surface area contributed by atoms with Crippen LogP contribution in [0, 0.1) is 27.7 Å². The van der Waals surface area contributed by atoms with Crippen LogP contribution in [0.25, 0.3) is 55.8 Å². The maximum atomic E-state index is 12.9. The van der Waals surface area contributed by atoms with Gasteiger partial charge in [-0.15, -0.1) is 40.9 Å². The molecule has 2 unspecified atom stereocenters. The van der Waals surface area contributed by atoms with Crippen molar-refractivity contribution in [2.75, 3.05) is 34.4 Å². The number of aliphatic hydroxyl groups is 3. The van der Waals surface area contributed by atoms with Crippen molar-refractivity contribution >= 4 is 156 Å². The fourth-order valence-corrected chi connectivity index (χ4v) is 11.6. The topological polar surface area (TPSA) is 717 Å². The number of ether oxygens (including phenoxy) is 4. The van der Waals surface area contributed by atoms with Crippen molar-refractivity contribution in [3.05, 3.63) is 177 Å². The molecule has 2 fully saturated rings. The van der Waals surface area contributed by atoms with E-state index in [9.17, 15) is 58.5 Å². The highest BCUT2D eigenvalue weighted by Gasteiger charge is 2.51. The van der Waals surface area contributed by atoms with Gasteiger partial charge in [0.15, 0.2) is 80.5 Å². The summed E-state index contributed by atoms with van der Waals surface area (Å²) in [5, 5.41) is 67.3. The van der Waals surface area contributed by atoms with Gasteiger partial charge in [0.05, 0.1) is 35.7 Å². The number of amides is 2. The van der Waals surface area contributed by atoms with E-state index in [1.165, 1.54) is 43.2 Å². The van der Waals surface area contributed by atoms with Crippen molar-refractivity contribution in [2.24, 2.45) is 40.9 Å². The monoisotopic (exact) mass is 1660 g/mol. The maximum Gasteiger partial charge on any atom is 0.303 e. The number of nitrogens with one attached hydrogen (secondary N) is 10. The van der Waals surface area contributed by atoms with Crippen LogP contribution in [0.15, 0.2) is 168 Å². The number of aliphatic hydroxyl groups excluding tert-OH is 3. The molecule has 2 aliphatic heterocycles. The fraction of sp³-hybridized carbons (Fsp3) is 0.264. The molecule has 0 radical (unpaired) electrons. The summed E-state index contributed by atoms with van der Waals surface area (Å²) in [6.45, 7) is 14.2. The van der Waals surface area contributed by atoms with Crippen LogP contribution in [0.2, 0.25) is 0 Å². The number of anilines is 5. The van der Waals surface area contributed by atoms with Crippen molar-refractivity contribution in [1.29, 1.82) is 0 Å². The number of imidazole rings is 5. The summed E-state index contributed by atoms with van der Waals surface area (Å²) in [6, 6.07) is 29.4. The number of aromatic nitrogens is 20. The maximum absolute atomic E-state index is 12.9. The minimum absolute atomic E-state index is 0.000976. The van der Waals surface area contributed by atoms with Gasteiger partial charge in [-0.25, -0.2) is 15.0 Å². The molecule has 2 aliphatic rings. The molecule has 624 valence electrons. The van der Waals surface area contributed by atoms with Crippen LogP contribution in [0.5, 0.6) is 0 Å². The quantitative estimate of drug-likeness (QED) is 0.0361. The highest BCUT2D eigenvalue weighted by Crippen LogP contribution is 2.41. The van der Waals surface area contributed by atoms with Gasteiger partial charge in [-0.1, -0.05) is 77.7 Å². The van der Waals surface area contributed by atoms with Crippen LogP contribution in [0.3, 0.4) is 0 Å². The minimum atomic E-state index is -1.43. The van der Waals surface area contributed by atoms with Crippen LogP contribution in [-0.2, 0) is 38.1 Å². The third-order valence-electron chi connectivity index (χ3n) is 17.2. The molecule has 0 aliphatic carbocycles. The lowest BCUT2D eigenvalue weighted by Crippen LogP contribution is -2.38. The van der Waals surface area contributed by atoms with Crippen molar-refractivity contribution < 1.29 is 53.4 Å². The Balaban J connectivity index is 0.000000145. The highest BCUT2D eigenvalue weighted by atomic mass is 16.6. The first-order valence-corrected chi connectivity index (χ1v) is 36.2. The molecular formula is C72H75N33O16. The molecule has 0 bridgehead atoms. The zero-order valence-electron chi connectivity index (χ0n) is 65.2. The molecule has 16 rings (SSSR count). The number of H-pyrrole nitrogens is 8. The van der Waals surface area contributed by atoms with Crippen LogP contribution < -0.4 is 55.6 Å². The number of nitrogen functional groups attached to an aromatic ring is 3. The summed E-state index contributed by atoms with van der Waals surface area (Å²) < 4.78 is 25.3. The first kappa shape index (κ1) is 84.5. The summed E-state index contributed by atoms with van der Waals surface area (Å²) in [5.41, 5.74) is 21.9. The molecule has 2 amide bonds. The Morgan fingerprint density at radius 1 is 0.446 bits per heavy atom. The number of carbonyl (C=O) groups is 4. The molecule has 19 N–H and O–H groups in total. The normalized spacial score (nSPS) is 17.5. The standard InChI is InChI=1S/C24H27N7O7.C17H19N7O5.C14H13N7O2.C12H11N7O.C5H5N5O/c1-6-16-18(36-13(4)33)19(37-14(5)34)22(38-16)31-20-17(21(35)28-23(27-20)25-12(3)32)26-24(31)30-29-15-9-7-11(2)8-10-15;1-7-2-4-8(5-3-7)22-23-17-19-10-13(20-16(18)21-14(10)28)24(17)15-12(27)11(26)9(6-25)29-15;1-7-3-5-9(6-4-7)20-21-14-16-10-11(18-14)17-13(15-8(2)22)19-12(10)23;1-6-2-4-7(5-3-6)18-19-12-14-8-9(16-12)15-11(13)17-10(8)20;6-5-9-3-2(4(11)10-5)7-1-8-3/h7-10,16,18-19,22H,6H2,1-5H3,(H2,25,27,28,32,35);2-5,9,11-12,15,25-27H,6H2,1H3,(H3,18,20,21,28);3-6H,1-2H3,(H3,15,16,17,18,19,22,23);2-5H,1H3,(H4,13,14,15,16,17,20);1H,(H4,6,7,8,9,10,11)/t16-,18+,19?,22-;9-,11+,12?,15-;;;/m11.../s1. The zero-order chi connectivity index (χ0) is 86.6. The van der Waals surface area contributed by atoms with E-state index in [4.69, 9.17) is 36.1 Å². The molecule has 0 saturated carbocycles. The number of hydrogen-bond acceptors (Lipinski definition) is 37. The van der Waals surface area contributed by atoms with Crippen molar-refractivity contribution in [3.8, 4) is 0 Å². The lowest BCUT2D eigenvalue weighted by molar-refractivity contribution is -0.165. The molecule has 8 atom stereocenters. The van der Waals surface area contributed by atoms with Crippen molar-refractivity contribution in [1.82, 2.24) is 98.8 Å². The van der Waals surface area contributed by atoms with Crippen LogP contribution in [-0.4, -0.2) is 181 Å². The highest BCUT2D eigenvalue weighted by molar-refractivity contribution is 5.88. The second kappa shape index (κ2) is 36.9. The zero-order valence-corrected chi connectivity index (χ0v) is 65.2. The molecule has 12 heterocycles. The number of nitrogens with zero attached hydrogens (tertiary/aromatic N) is 20. The summed E-state index contributed by atoms with van der Waals surface area (Å²) in [7, 11) is 0. The third-order valence-corrected chi connectivity index (χ3v) is 17.2. The van der Waals surface area contributed by atoms with Crippen molar-refractivity contribution in [3.63, 3.8) is 0 Å². The van der Waals surface area contributed by atoms with Gasteiger partial charge in [0, 0.05) is 27.7 Å². The minimum Gasteiger partial charge on any atom is -0.456 e. The molecule has 121 heavy (non-hydrogen) atoms. The van der Waals surface area contributed by atoms with E-state index in [1.54, 1.807) is 24.3 Å². The van der Waals surface area contributed by atoms with Gasteiger partial charge in [-0.3, -0.25) is 87.8 Å². The van der Waals surface area contributed by atoms with Crippen LogP contribution in [0.1, 0.15) is 75.7 Å². The number of aryl methyl sites for hydroxylation is 4. The predicted molar refractivity (Wildman–Crippen MR) is 431 cm³/mol. The number of carbonyl (C=O) groups excluding carboxylic acids is 4. The smallest absolute Gasteiger partial charge is 0.303 e. The van der Waals surface area contributed by atoms with Crippen LogP contribution >= 0.6 is 0 Å². The Morgan fingerprint density at radius 3 is 1.30 bits per heavy atom. The van der Waals surface area contributed by atoms with E-state index < -0.39 is 95.8 Å². The van der Waals surface area contributed by atoms with Gasteiger partial charge in [0.25, 0.3) is 39.7 Å². The lowest BCUT2D eigenvalue weighted by atomic mass is 10.1. The SMILES string of the molecule is CC(=O)Nc1nc2nc(N=Nc3ccc(C)cc3)[nH]c2c(=O)[nH]1.CC[C@H]1O[C@@H](n2c(N=Nc3ccc(C)cc3)nc3c(=O)[nH]c(NC(C)=O)nc32)C(OC(C)=O)[C@H]1OC(C)=O.Cc1ccc(N=Nc2nc3c(=O)[nH]c(N)nc3n2[C@@H]2O[C@H](CO)[C@H](O)C2O)cc1.Cc1ccc(N=Nc2nc3nc(N)[nH]c(=O)c3[nH]2)cc1.Nc1nc2nc[nH]c2c(=O)[nH]1. The predicted octanol–water partition coefficient (Wildman–Crippen LogP) is 6.52. The van der Waals surface area contributed by atoms with Crippen LogP contribution in [0.4, 0.5) is 76.3 Å². The number of benzene rings is 4. The summed E-state index contributed by atoms with van der Waals surface area (Å²) in [5.74, 6) is -2.05. The molecule has 49 heteroatoms. The number of nitrogens with two attached hydrogens (primary N) is 3. The molecule has 2 saturated heterocycles. The number of esters is 2. The fourth-order valence-electron chi connectivity index (χ4n) is 11.6. The Bertz CT molecular complexity index is 6620.